The quantitative estimate of drug-likeness (QED) is 0.602. The number of halogens is 1. The number of hydrogen-bond acceptors (Lipinski definition) is 5. The summed E-state index contributed by atoms with van der Waals surface area (Å²) in [4.78, 5) is 7.04. The van der Waals surface area contributed by atoms with Crippen LogP contribution in [0.15, 0.2) is 64.4 Å². The zero-order valence-electron chi connectivity index (χ0n) is 15.3. The zero-order valence-corrected chi connectivity index (χ0v) is 16.9. The van der Waals surface area contributed by atoms with E-state index in [1.54, 1.807) is 54.6 Å². The van der Waals surface area contributed by atoms with Gasteiger partial charge in [-0.2, -0.15) is 0 Å². The molecule has 1 aliphatic rings. The maximum Gasteiger partial charge on any atom is 0.233 e. The highest BCUT2D eigenvalue weighted by Gasteiger charge is 2.25. The number of likely N-dealkylation sites (tertiary alicyclic amines) is 1. The fourth-order valence-electron chi connectivity index (χ4n) is 3.42. The molecule has 7 heteroatoms. The molecule has 146 valence electrons. The van der Waals surface area contributed by atoms with Gasteiger partial charge >= 0.3 is 0 Å². The van der Waals surface area contributed by atoms with Crippen LogP contribution in [-0.2, 0) is 9.84 Å². The molecule has 0 bridgehead atoms. The SMILES string of the molecule is O=S(=O)(c1ccccc1)c1cc2c(Cl)cccc2nc1OCCN1CCCC1. The highest BCUT2D eigenvalue weighted by Crippen LogP contribution is 2.33. The molecular weight excluding hydrogens is 396 g/mol. The molecule has 0 saturated carbocycles. The second kappa shape index (κ2) is 8.07. The maximum absolute atomic E-state index is 13.3. The van der Waals surface area contributed by atoms with Gasteiger partial charge in [-0.05, 0) is 56.3 Å². The van der Waals surface area contributed by atoms with Crippen LogP contribution in [0.4, 0.5) is 0 Å². The highest BCUT2D eigenvalue weighted by atomic mass is 35.5. The van der Waals surface area contributed by atoms with Gasteiger partial charge in [-0.3, -0.25) is 4.90 Å². The van der Waals surface area contributed by atoms with E-state index in [2.05, 4.69) is 9.88 Å². The van der Waals surface area contributed by atoms with Gasteiger partial charge in [-0.15, -0.1) is 0 Å². The number of benzene rings is 2. The Labute approximate surface area is 169 Å². The van der Waals surface area contributed by atoms with Crippen molar-refractivity contribution >= 4 is 32.3 Å². The normalized spacial score (nSPS) is 15.2. The zero-order chi connectivity index (χ0) is 19.6. The molecule has 0 radical (unpaired) electrons. The molecule has 28 heavy (non-hydrogen) atoms. The lowest BCUT2D eigenvalue weighted by Crippen LogP contribution is -2.25. The smallest absolute Gasteiger partial charge is 0.233 e. The first-order valence-corrected chi connectivity index (χ1v) is 11.2. The van der Waals surface area contributed by atoms with Crippen LogP contribution >= 0.6 is 11.6 Å². The van der Waals surface area contributed by atoms with E-state index in [1.807, 2.05) is 0 Å². The van der Waals surface area contributed by atoms with Gasteiger partial charge in [-0.1, -0.05) is 35.9 Å². The standard InChI is InChI=1S/C21H21ClN2O3S/c22-18-9-6-10-19-17(18)15-20(28(25,26)16-7-2-1-3-8-16)21(23-19)27-14-13-24-11-4-5-12-24/h1-3,6-10,15H,4-5,11-14H2. The van der Waals surface area contributed by atoms with Crippen LogP contribution in [0.25, 0.3) is 10.9 Å². The van der Waals surface area contributed by atoms with E-state index in [0.29, 0.717) is 22.5 Å². The predicted molar refractivity (Wildman–Crippen MR) is 110 cm³/mol. The maximum atomic E-state index is 13.3. The molecule has 3 aromatic rings. The molecule has 0 aliphatic carbocycles. The van der Waals surface area contributed by atoms with Crippen molar-refractivity contribution in [3.05, 3.63) is 59.6 Å². The summed E-state index contributed by atoms with van der Waals surface area (Å²) in [6.07, 6.45) is 2.39. The first-order valence-electron chi connectivity index (χ1n) is 9.30. The fraction of sp³-hybridized carbons (Fsp3) is 0.286. The van der Waals surface area contributed by atoms with Crippen LogP contribution in [0, 0.1) is 0 Å². The minimum Gasteiger partial charge on any atom is -0.475 e. The molecule has 1 saturated heterocycles. The van der Waals surface area contributed by atoms with Gasteiger partial charge in [-0.25, -0.2) is 13.4 Å². The van der Waals surface area contributed by atoms with Gasteiger partial charge in [0, 0.05) is 11.9 Å². The molecule has 1 fully saturated rings. The van der Waals surface area contributed by atoms with Crippen molar-refractivity contribution < 1.29 is 13.2 Å². The molecule has 0 amide bonds. The van der Waals surface area contributed by atoms with Gasteiger partial charge in [0.25, 0.3) is 0 Å². The first kappa shape index (κ1) is 19.2. The van der Waals surface area contributed by atoms with Gasteiger partial charge in [0.05, 0.1) is 15.4 Å². The van der Waals surface area contributed by atoms with Gasteiger partial charge in [0.2, 0.25) is 15.7 Å². The summed E-state index contributed by atoms with van der Waals surface area (Å²) in [5, 5.41) is 1.05. The molecule has 1 aromatic heterocycles. The Morgan fingerprint density at radius 2 is 1.79 bits per heavy atom. The lowest BCUT2D eigenvalue weighted by Gasteiger charge is -2.17. The van der Waals surface area contributed by atoms with Crippen molar-refractivity contribution in [2.24, 2.45) is 0 Å². The van der Waals surface area contributed by atoms with Gasteiger partial charge in [0.15, 0.2) is 0 Å². The molecular formula is C21H21ClN2O3S. The van der Waals surface area contributed by atoms with Gasteiger partial charge in [0.1, 0.15) is 11.5 Å². The molecule has 0 unspecified atom stereocenters. The number of sulfone groups is 1. The van der Waals surface area contributed by atoms with Crippen LogP contribution in [0.5, 0.6) is 5.88 Å². The molecule has 4 rings (SSSR count). The number of nitrogens with zero attached hydrogens (tertiary/aromatic N) is 2. The molecule has 1 aliphatic heterocycles. The van der Waals surface area contributed by atoms with E-state index >= 15 is 0 Å². The summed E-state index contributed by atoms with van der Waals surface area (Å²) in [5.41, 5.74) is 0.607. The average molecular weight is 417 g/mol. The van der Waals surface area contributed by atoms with E-state index < -0.39 is 9.84 Å². The number of hydrogen-bond donors (Lipinski definition) is 0. The van der Waals surface area contributed by atoms with Crippen LogP contribution < -0.4 is 4.74 Å². The Hall–Kier alpha value is -2.15. The second-order valence-corrected chi connectivity index (χ2v) is 9.14. The number of ether oxygens (including phenoxy) is 1. The average Bonchev–Trinajstić information content (AvgIpc) is 3.22. The lowest BCUT2D eigenvalue weighted by molar-refractivity contribution is 0.228. The van der Waals surface area contributed by atoms with Crippen LogP contribution in [0.3, 0.4) is 0 Å². The third kappa shape index (κ3) is 3.85. The third-order valence-electron chi connectivity index (χ3n) is 4.93. The van der Waals surface area contributed by atoms with Crippen LogP contribution in [0.2, 0.25) is 5.02 Å². The number of pyridine rings is 1. The topological polar surface area (TPSA) is 59.5 Å². The highest BCUT2D eigenvalue weighted by molar-refractivity contribution is 7.91. The molecule has 0 spiro atoms. The molecule has 2 aromatic carbocycles. The van der Waals surface area contributed by atoms with Crippen molar-refractivity contribution in [3.63, 3.8) is 0 Å². The summed E-state index contributed by atoms with van der Waals surface area (Å²) in [6, 6.07) is 15.2. The molecule has 5 nitrogen and oxygen atoms in total. The summed E-state index contributed by atoms with van der Waals surface area (Å²) in [6.45, 7) is 3.25. The first-order chi connectivity index (χ1) is 13.6. The Morgan fingerprint density at radius 3 is 2.54 bits per heavy atom. The van der Waals surface area contributed by atoms with Crippen molar-refractivity contribution in [1.29, 1.82) is 0 Å². The van der Waals surface area contributed by atoms with E-state index in [-0.39, 0.29) is 15.7 Å². The largest absolute Gasteiger partial charge is 0.475 e. The molecule has 2 heterocycles. The second-order valence-electron chi connectivity index (χ2n) is 6.81. The Bertz CT molecular complexity index is 1080. The van der Waals surface area contributed by atoms with Crippen molar-refractivity contribution in [2.75, 3.05) is 26.2 Å². The van der Waals surface area contributed by atoms with Crippen molar-refractivity contribution in [2.45, 2.75) is 22.6 Å². The molecule has 0 atom stereocenters. The van der Waals surface area contributed by atoms with E-state index in [0.717, 1.165) is 19.6 Å². The van der Waals surface area contributed by atoms with E-state index in [9.17, 15) is 8.42 Å². The lowest BCUT2D eigenvalue weighted by atomic mass is 10.2. The minimum atomic E-state index is -3.79. The number of fused-ring (bicyclic) bond motifs is 1. The fourth-order valence-corrected chi connectivity index (χ4v) is 5.02. The van der Waals surface area contributed by atoms with Crippen molar-refractivity contribution in [3.8, 4) is 5.88 Å². The van der Waals surface area contributed by atoms with E-state index in [4.69, 9.17) is 16.3 Å². The Kier molecular flexibility index (Phi) is 5.53. The summed E-state index contributed by atoms with van der Waals surface area (Å²) in [5.74, 6) is 0.123. The van der Waals surface area contributed by atoms with Gasteiger partial charge < -0.3 is 4.74 Å². The minimum absolute atomic E-state index is 0.0423. The number of aromatic nitrogens is 1. The van der Waals surface area contributed by atoms with Crippen molar-refractivity contribution in [1.82, 2.24) is 9.88 Å². The van der Waals surface area contributed by atoms with Crippen LogP contribution in [-0.4, -0.2) is 44.5 Å². The Morgan fingerprint density at radius 1 is 1.04 bits per heavy atom. The summed E-state index contributed by atoms with van der Waals surface area (Å²) >= 11 is 6.29. The molecule has 0 N–H and O–H groups in total. The third-order valence-corrected chi connectivity index (χ3v) is 7.02. The monoisotopic (exact) mass is 416 g/mol. The predicted octanol–water partition coefficient (Wildman–Crippen LogP) is 4.20. The summed E-state index contributed by atoms with van der Waals surface area (Å²) < 4.78 is 32.4. The Balaban J connectivity index is 1.74. The van der Waals surface area contributed by atoms with E-state index in [1.165, 1.54) is 12.8 Å². The van der Waals surface area contributed by atoms with Crippen LogP contribution in [0.1, 0.15) is 12.8 Å². The number of rotatable bonds is 6. The summed E-state index contributed by atoms with van der Waals surface area (Å²) in [7, 11) is -3.79.